The van der Waals surface area contributed by atoms with Gasteiger partial charge in [0.15, 0.2) is 18.2 Å². The number of benzene rings is 3. The molecular weight excluding hydrogens is 418 g/mol. The largest absolute Gasteiger partial charge is 0.452 e. The third-order valence-electron chi connectivity index (χ3n) is 5.62. The van der Waals surface area contributed by atoms with E-state index in [4.69, 9.17) is 4.74 Å². The summed E-state index contributed by atoms with van der Waals surface area (Å²) in [4.78, 5) is 50.8. The van der Waals surface area contributed by atoms with Crippen molar-refractivity contribution in [3.8, 4) is 0 Å². The Bertz CT molecular complexity index is 1230. The van der Waals surface area contributed by atoms with Crippen LogP contribution in [-0.2, 0) is 16.0 Å². The van der Waals surface area contributed by atoms with E-state index >= 15 is 0 Å². The number of fused-ring (bicyclic) bond motifs is 2. The van der Waals surface area contributed by atoms with Gasteiger partial charge in [0.05, 0.1) is 5.56 Å². The maximum Gasteiger partial charge on any atom is 0.339 e. The molecule has 1 aliphatic carbocycles. The molecule has 33 heavy (non-hydrogen) atoms. The zero-order chi connectivity index (χ0) is 23.4. The predicted octanol–water partition coefficient (Wildman–Crippen LogP) is 3.76. The van der Waals surface area contributed by atoms with E-state index < -0.39 is 24.3 Å². The van der Waals surface area contributed by atoms with Crippen molar-refractivity contribution in [1.29, 1.82) is 0 Å². The summed E-state index contributed by atoms with van der Waals surface area (Å²) in [5.41, 5.74) is 1.89. The Kier molecular flexibility index (Phi) is 6.45. The van der Waals surface area contributed by atoms with E-state index in [1.165, 1.54) is 23.8 Å². The SMILES string of the molecule is CC(CCc1ccccc1)NC(=O)COC(=O)c1cccc2c1C(=O)c1ccccc1C2=O. The third kappa shape index (κ3) is 4.75. The van der Waals surface area contributed by atoms with Gasteiger partial charge in [0.25, 0.3) is 5.91 Å². The monoisotopic (exact) mass is 441 g/mol. The maximum absolute atomic E-state index is 13.0. The van der Waals surface area contributed by atoms with Crippen molar-refractivity contribution in [2.45, 2.75) is 25.8 Å². The van der Waals surface area contributed by atoms with Crippen molar-refractivity contribution in [1.82, 2.24) is 5.32 Å². The van der Waals surface area contributed by atoms with Gasteiger partial charge in [0, 0.05) is 28.3 Å². The summed E-state index contributed by atoms with van der Waals surface area (Å²) in [7, 11) is 0. The Morgan fingerprint density at radius 2 is 1.45 bits per heavy atom. The number of carbonyl (C=O) groups excluding carboxylic acids is 4. The molecule has 0 spiro atoms. The number of ether oxygens (including phenoxy) is 1. The number of rotatable bonds is 7. The van der Waals surface area contributed by atoms with Crippen molar-refractivity contribution in [2.75, 3.05) is 6.61 Å². The summed E-state index contributed by atoms with van der Waals surface area (Å²) in [6, 6.07) is 20.8. The van der Waals surface area contributed by atoms with Gasteiger partial charge in [0.1, 0.15) is 0 Å². The molecule has 0 saturated heterocycles. The quantitative estimate of drug-likeness (QED) is 0.441. The number of amides is 1. The van der Waals surface area contributed by atoms with E-state index in [0.29, 0.717) is 5.56 Å². The lowest BCUT2D eigenvalue weighted by Crippen LogP contribution is -2.36. The van der Waals surface area contributed by atoms with Gasteiger partial charge in [0.2, 0.25) is 0 Å². The number of carbonyl (C=O) groups is 4. The normalized spacial score (nSPS) is 13.0. The topological polar surface area (TPSA) is 89.5 Å². The van der Waals surface area contributed by atoms with Crippen molar-refractivity contribution in [3.63, 3.8) is 0 Å². The summed E-state index contributed by atoms with van der Waals surface area (Å²) < 4.78 is 5.18. The van der Waals surface area contributed by atoms with Crippen LogP contribution < -0.4 is 5.32 Å². The first-order chi connectivity index (χ1) is 16.0. The van der Waals surface area contributed by atoms with E-state index in [-0.39, 0.29) is 34.1 Å². The maximum atomic E-state index is 13.0. The zero-order valence-corrected chi connectivity index (χ0v) is 18.2. The highest BCUT2D eigenvalue weighted by Crippen LogP contribution is 2.29. The van der Waals surface area contributed by atoms with Crippen LogP contribution in [0.5, 0.6) is 0 Å². The fourth-order valence-corrected chi connectivity index (χ4v) is 3.94. The second-order valence-corrected chi connectivity index (χ2v) is 8.00. The molecule has 0 bridgehead atoms. The highest BCUT2D eigenvalue weighted by molar-refractivity contribution is 6.30. The molecule has 4 rings (SSSR count). The molecule has 1 amide bonds. The van der Waals surface area contributed by atoms with Gasteiger partial charge in [-0.2, -0.15) is 0 Å². The van der Waals surface area contributed by atoms with Crippen LogP contribution in [0, 0.1) is 0 Å². The predicted molar refractivity (Wildman–Crippen MR) is 122 cm³/mol. The number of hydrogen-bond donors (Lipinski definition) is 1. The van der Waals surface area contributed by atoms with Gasteiger partial charge in [-0.3, -0.25) is 14.4 Å². The van der Waals surface area contributed by atoms with Crippen molar-refractivity contribution >= 4 is 23.4 Å². The van der Waals surface area contributed by atoms with Crippen LogP contribution in [0.15, 0.2) is 72.8 Å². The van der Waals surface area contributed by atoms with Gasteiger partial charge in [-0.1, -0.05) is 66.7 Å². The summed E-state index contributed by atoms with van der Waals surface area (Å²) in [5, 5.41) is 2.81. The molecule has 0 aliphatic heterocycles. The average Bonchev–Trinajstić information content (AvgIpc) is 2.84. The zero-order valence-electron chi connectivity index (χ0n) is 18.2. The molecule has 1 aliphatic rings. The fourth-order valence-electron chi connectivity index (χ4n) is 3.94. The first-order valence-corrected chi connectivity index (χ1v) is 10.8. The van der Waals surface area contributed by atoms with Gasteiger partial charge < -0.3 is 10.1 Å². The lowest BCUT2D eigenvalue weighted by molar-refractivity contribution is -0.124. The number of esters is 1. The van der Waals surface area contributed by atoms with Crippen LogP contribution in [0.3, 0.4) is 0 Å². The first kappa shape index (κ1) is 22.1. The van der Waals surface area contributed by atoms with E-state index in [9.17, 15) is 19.2 Å². The molecule has 0 radical (unpaired) electrons. The lowest BCUT2D eigenvalue weighted by atomic mass is 9.82. The van der Waals surface area contributed by atoms with Crippen LogP contribution in [0.4, 0.5) is 0 Å². The van der Waals surface area contributed by atoms with Gasteiger partial charge in [-0.05, 0) is 31.4 Å². The molecule has 0 saturated carbocycles. The molecular formula is C27H23NO5. The van der Waals surface area contributed by atoms with E-state index in [0.717, 1.165) is 12.8 Å². The van der Waals surface area contributed by atoms with Crippen molar-refractivity contribution < 1.29 is 23.9 Å². The third-order valence-corrected chi connectivity index (χ3v) is 5.62. The van der Waals surface area contributed by atoms with Crippen LogP contribution in [0.1, 0.15) is 61.1 Å². The van der Waals surface area contributed by atoms with Gasteiger partial charge >= 0.3 is 5.97 Å². The van der Waals surface area contributed by atoms with Gasteiger partial charge in [-0.15, -0.1) is 0 Å². The molecule has 1 atom stereocenters. The van der Waals surface area contributed by atoms with E-state index in [1.807, 2.05) is 37.3 Å². The van der Waals surface area contributed by atoms with Crippen LogP contribution in [0.2, 0.25) is 0 Å². The number of ketones is 2. The second-order valence-electron chi connectivity index (χ2n) is 8.00. The molecule has 6 heteroatoms. The minimum atomic E-state index is -0.820. The Hall–Kier alpha value is -4.06. The Balaban J connectivity index is 1.39. The molecule has 0 fully saturated rings. The van der Waals surface area contributed by atoms with Crippen LogP contribution in [0.25, 0.3) is 0 Å². The van der Waals surface area contributed by atoms with Crippen molar-refractivity contribution in [3.05, 3.63) is 106 Å². The highest BCUT2D eigenvalue weighted by atomic mass is 16.5. The fraction of sp³-hybridized carbons (Fsp3) is 0.185. The molecule has 166 valence electrons. The number of aryl methyl sites for hydroxylation is 1. The molecule has 1 N–H and O–H groups in total. The molecule has 0 aromatic heterocycles. The van der Waals surface area contributed by atoms with Crippen molar-refractivity contribution in [2.24, 2.45) is 0 Å². The number of hydrogen-bond acceptors (Lipinski definition) is 5. The smallest absolute Gasteiger partial charge is 0.339 e. The van der Waals surface area contributed by atoms with E-state index in [1.54, 1.807) is 24.3 Å². The highest BCUT2D eigenvalue weighted by Gasteiger charge is 2.33. The molecule has 6 nitrogen and oxygen atoms in total. The molecule has 0 heterocycles. The first-order valence-electron chi connectivity index (χ1n) is 10.8. The summed E-state index contributed by atoms with van der Waals surface area (Å²) in [6.45, 7) is 1.41. The number of nitrogens with one attached hydrogen (secondary N) is 1. The van der Waals surface area contributed by atoms with Gasteiger partial charge in [-0.25, -0.2) is 4.79 Å². The Labute approximate surface area is 191 Å². The minimum Gasteiger partial charge on any atom is -0.452 e. The van der Waals surface area contributed by atoms with Crippen LogP contribution in [-0.4, -0.2) is 36.1 Å². The van der Waals surface area contributed by atoms with Crippen LogP contribution >= 0.6 is 0 Å². The molecule has 3 aromatic rings. The minimum absolute atomic E-state index is 0.0165. The van der Waals surface area contributed by atoms with E-state index in [2.05, 4.69) is 5.32 Å². The standard InChI is InChI=1S/C27H23NO5/c1-17(14-15-18-8-3-2-4-9-18)28-23(29)16-33-27(32)22-13-7-12-21-24(22)26(31)20-11-6-5-10-19(20)25(21)30/h2-13,17H,14-16H2,1H3,(H,28,29). The second kappa shape index (κ2) is 9.61. The molecule has 3 aromatic carbocycles. The lowest BCUT2D eigenvalue weighted by Gasteiger charge is -2.19. The summed E-state index contributed by atoms with van der Waals surface area (Å²) in [5.74, 6) is -1.98. The summed E-state index contributed by atoms with van der Waals surface area (Å²) >= 11 is 0. The average molecular weight is 441 g/mol. The Morgan fingerprint density at radius 3 is 2.18 bits per heavy atom. The Morgan fingerprint density at radius 1 is 0.818 bits per heavy atom. The summed E-state index contributed by atoms with van der Waals surface area (Å²) in [6.07, 6.45) is 1.56. The molecule has 1 unspecified atom stereocenters.